The zero-order chi connectivity index (χ0) is 14.9. The van der Waals surface area contributed by atoms with Gasteiger partial charge in [0.15, 0.2) is 0 Å². The van der Waals surface area contributed by atoms with E-state index in [1.807, 2.05) is 13.1 Å². The molecule has 0 amide bonds. The van der Waals surface area contributed by atoms with Crippen LogP contribution in [0.2, 0.25) is 0 Å². The van der Waals surface area contributed by atoms with E-state index in [-0.39, 0.29) is 11.5 Å². The molecule has 6 heteroatoms. The second kappa shape index (κ2) is 5.93. The van der Waals surface area contributed by atoms with Gasteiger partial charge in [-0.3, -0.25) is 14.7 Å². The van der Waals surface area contributed by atoms with E-state index in [0.29, 0.717) is 6.61 Å². The molecule has 1 aromatic heterocycles. The summed E-state index contributed by atoms with van der Waals surface area (Å²) in [6, 6.07) is 2.08. The molecule has 0 radical (unpaired) electrons. The first-order valence-electron chi connectivity index (χ1n) is 7.43. The molecule has 1 aromatic rings. The van der Waals surface area contributed by atoms with Crippen LogP contribution in [0, 0.1) is 0 Å². The van der Waals surface area contributed by atoms with E-state index < -0.39 is 0 Å². The number of pyridine rings is 1. The minimum Gasteiger partial charge on any atom is -0.465 e. The number of nitrogens with zero attached hydrogens (tertiary/aromatic N) is 3. The van der Waals surface area contributed by atoms with Gasteiger partial charge in [0, 0.05) is 36.8 Å². The van der Waals surface area contributed by atoms with Crippen LogP contribution < -0.4 is 4.90 Å². The maximum absolute atomic E-state index is 12.1. The quantitative estimate of drug-likeness (QED) is 0.775. The fourth-order valence-electron chi connectivity index (χ4n) is 3.00. The Balaban J connectivity index is 1.62. The highest BCUT2D eigenvalue weighted by Crippen LogP contribution is 2.43. The summed E-state index contributed by atoms with van der Waals surface area (Å²) in [5, 5.41) is 0. The van der Waals surface area contributed by atoms with Crippen molar-refractivity contribution in [3.63, 3.8) is 0 Å². The van der Waals surface area contributed by atoms with E-state index in [9.17, 15) is 4.79 Å². The normalized spacial score (nSPS) is 21.1. The highest BCUT2D eigenvalue weighted by atomic mass is 79.9. The number of hydrogen-bond acceptors (Lipinski definition) is 5. The molecule has 3 rings (SSSR count). The largest absolute Gasteiger partial charge is 0.465 e. The van der Waals surface area contributed by atoms with Crippen LogP contribution in [-0.4, -0.2) is 54.2 Å². The predicted octanol–water partition coefficient (Wildman–Crippen LogP) is 2.06. The molecular formula is C15H20BrN3O2. The van der Waals surface area contributed by atoms with Gasteiger partial charge in [-0.2, -0.15) is 0 Å². The first-order chi connectivity index (χ1) is 10.2. The van der Waals surface area contributed by atoms with Crippen LogP contribution in [0.15, 0.2) is 22.9 Å². The summed E-state index contributed by atoms with van der Waals surface area (Å²) in [6.45, 7) is 5.95. The fraction of sp³-hybridized carbons (Fsp3) is 0.600. The van der Waals surface area contributed by atoms with Crippen molar-refractivity contribution in [1.29, 1.82) is 0 Å². The standard InChI is InChI=1S/C15H20BrN3O2/c1-2-21-14(20)15(3-4-15)19-7-5-18(6-8-19)13-9-12(16)10-17-11-13/h9-11H,2-8H2,1H3. The van der Waals surface area contributed by atoms with Gasteiger partial charge in [-0.25, -0.2) is 0 Å². The minimum absolute atomic E-state index is 0.0393. The molecule has 2 heterocycles. The smallest absolute Gasteiger partial charge is 0.326 e. The number of piperazine rings is 1. The lowest BCUT2D eigenvalue weighted by Gasteiger charge is -2.39. The lowest BCUT2D eigenvalue weighted by atomic mass is 10.1. The topological polar surface area (TPSA) is 45.7 Å². The summed E-state index contributed by atoms with van der Waals surface area (Å²) < 4.78 is 6.23. The Morgan fingerprint density at radius 2 is 2.05 bits per heavy atom. The average molecular weight is 354 g/mol. The van der Waals surface area contributed by atoms with Gasteiger partial charge in [0.1, 0.15) is 5.54 Å². The second-order valence-electron chi connectivity index (χ2n) is 5.59. The number of esters is 1. The Hall–Kier alpha value is -1.14. The van der Waals surface area contributed by atoms with Gasteiger partial charge in [-0.05, 0) is 41.8 Å². The molecule has 21 heavy (non-hydrogen) atoms. The molecule has 0 N–H and O–H groups in total. The van der Waals surface area contributed by atoms with Crippen molar-refractivity contribution in [1.82, 2.24) is 9.88 Å². The maximum atomic E-state index is 12.1. The van der Waals surface area contributed by atoms with Crippen molar-refractivity contribution in [2.24, 2.45) is 0 Å². The second-order valence-corrected chi connectivity index (χ2v) is 6.50. The number of ether oxygens (including phenoxy) is 1. The molecule has 1 aliphatic carbocycles. The summed E-state index contributed by atoms with van der Waals surface area (Å²) in [5.41, 5.74) is 0.808. The zero-order valence-electron chi connectivity index (χ0n) is 12.2. The summed E-state index contributed by atoms with van der Waals surface area (Å²) in [4.78, 5) is 21.0. The zero-order valence-corrected chi connectivity index (χ0v) is 13.8. The maximum Gasteiger partial charge on any atom is 0.326 e. The molecule has 1 aliphatic heterocycles. The first kappa shape index (κ1) is 14.8. The van der Waals surface area contributed by atoms with Gasteiger partial charge < -0.3 is 9.64 Å². The van der Waals surface area contributed by atoms with Crippen LogP contribution in [0.4, 0.5) is 5.69 Å². The van der Waals surface area contributed by atoms with Crippen molar-refractivity contribution in [3.05, 3.63) is 22.9 Å². The van der Waals surface area contributed by atoms with E-state index in [0.717, 1.165) is 49.2 Å². The molecule has 1 saturated carbocycles. The van der Waals surface area contributed by atoms with Crippen molar-refractivity contribution in [3.8, 4) is 0 Å². The first-order valence-corrected chi connectivity index (χ1v) is 8.23. The molecule has 0 bridgehead atoms. The van der Waals surface area contributed by atoms with Gasteiger partial charge in [-0.1, -0.05) is 0 Å². The SMILES string of the molecule is CCOC(=O)C1(N2CCN(c3cncc(Br)c3)CC2)CC1. The van der Waals surface area contributed by atoms with Crippen molar-refractivity contribution in [2.45, 2.75) is 25.3 Å². The molecule has 0 spiro atoms. The molecule has 2 fully saturated rings. The predicted molar refractivity (Wildman–Crippen MR) is 84.3 cm³/mol. The third-order valence-electron chi connectivity index (χ3n) is 4.32. The summed E-state index contributed by atoms with van der Waals surface area (Å²) in [5.74, 6) is -0.0393. The van der Waals surface area contributed by atoms with Crippen molar-refractivity contribution in [2.75, 3.05) is 37.7 Å². The Morgan fingerprint density at radius 3 is 2.62 bits per heavy atom. The molecule has 0 atom stereocenters. The van der Waals surface area contributed by atoms with Crippen LogP contribution in [0.3, 0.4) is 0 Å². The van der Waals surface area contributed by atoms with Gasteiger partial charge in [0.05, 0.1) is 18.5 Å². The lowest BCUT2D eigenvalue weighted by Crippen LogP contribution is -2.54. The Morgan fingerprint density at radius 1 is 1.33 bits per heavy atom. The highest BCUT2D eigenvalue weighted by molar-refractivity contribution is 9.10. The number of rotatable bonds is 4. The molecule has 5 nitrogen and oxygen atoms in total. The fourth-order valence-corrected chi connectivity index (χ4v) is 3.35. The van der Waals surface area contributed by atoms with E-state index in [2.05, 4.69) is 36.8 Å². The van der Waals surface area contributed by atoms with Gasteiger partial charge in [-0.15, -0.1) is 0 Å². The number of hydrogen-bond donors (Lipinski definition) is 0. The van der Waals surface area contributed by atoms with E-state index in [4.69, 9.17) is 4.74 Å². The van der Waals surface area contributed by atoms with Crippen LogP contribution in [0.1, 0.15) is 19.8 Å². The van der Waals surface area contributed by atoms with Crippen molar-refractivity contribution >= 4 is 27.6 Å². The van der Waals surface area contributed by atoms with Crippen molar-refractivity contribution < 1.29 is 9.53 Å². The third-order valence-corrected chi connectivity index (χ3v) is 4.75. The van der Waals surface area contributed by atoms with Crippen LogP contribution >= 0.6 is 15.9 Å². The molecule has 1 saturated heterocycles. The molecule has 0 aromatic carbocycles. The van der Waals surface area contributed by atoms with Gasteiger partial charge in [0.25, 0.3) is 0 Å². The minimum atomic E-state index is -0.322. The number of halogens is 1. The molecule has 0 unspecified atom stereocenters. The number of aromatic nitrogens is 1. The van der Waals surface area contributed by atoms with E-state index >= 15 is 0 Å². The highest BCUT2D eigenvalue weighted by Gasteiger charge is 2.56. The molecule has 2 aliphatic rings. The summed E-state index contributed by atoms with van der Waals surface area (Å²) in [7, 11) is 0. The van der Waals surface area contributed by atoms with Gasteiger partial charge in [0.2, 0.25) is 0 Å². The van der Waals surface area contributed by atoms with E-state index in [1.165, 1.54) is 0 Å². The number of carbonyl (C=O) groups is 1. The lowest BCUT2D eigenvalue weighted by molar-refractivity contribution is -0.151. The van der Waals surface area contributed by atoms with Gasteiger partial charge >= 0.3 is 5.97 Å². The number of anilines is 1. The average Bonchev–Trinajstić information content (AvgIpc) is 3.29. The Labute approximate surface area is 133 Å². The summed E-state index contributed by atoms with van der Waals surface area (Å²) in [6.07, 6.45) is 5.55. The van der Waals surface area contributed by atoms with Crippen LogP contribution in [0.25, 0.3) is 0 Å². The molecular weight excluding hydrogens is 334 g/mol. The van der Waals surface area contributed by atoms with Crippen LogP contribution in [0.5, 0.6) is 0 Å². The monoisotopic (exact) mass is 353 g/mol. The summed E-state index contributed by atoms with van der Waals surface area (Å²) >= 11 is 3.46. The Kier molecular flexibility index (Phi) is 4.17. The number of carbonyl (C=O) groups excluding carboxylic acids is 1. The third kappa shape index (κ3) is 2.92. The van der Waals surface area contributed by atoms with E-state index in [1.54, 1.807) is 6.20 Å². The Bertz CT molecular complexity index is 525. The molecule has 114 valence electrons. The van der Waals surface area contributed by atoms with Crippen LogP contribution in [-0.2, 0) is 9.53 Å².